The maximum absolute atomic E-state index is 12.5. The third-order valence-corrected chi connectivity index (χ3v) is 4.70. The molecule has 0 aliphatic rings. The van der Waals surface area contributed by atoms with Gasteiger partial charge in [0.2, 0.25) is 5.78 Å². The lowest BCUT2D eigenvalue weighted by Crippen LogP contribution is -2.42. The molecule has 0 unspecified atom stereocenters. The van der Waals surface area contributed by atoms with Crippen LogP contribution >= 0.6 is 0 Å². The summed E-state index contributed by atoms with van der Waals surface area (Å²) in [6.07, 6.45) is 0. The summed E-state index contributed by atoms with van der Waals surface area (Å²) in [4.78, 5) is 53.4. The number of anilines is 1. The quantitative estimate of drug-likeness (QED) is 0.494. The number of esters is 1. The number of aromatic nitrogens is 3. The average Bonchev–Trinajstić information content (AvgIpc) is 2.75. The molecule has 0 fully saturated rings. The zero-order chi connectivity index (χ0) is 22.0. The van der Waals surface area contributed by atoms with Gasteiger partial charge in [0.05, 0.1) is 17.0 Å². The number of ether oxygens (including phenoxy) is 1. The highest BCUT2D eigenvalue weighted by molar-refractivity contribution is 6.02. The Morgan fingerprint density at radius 1 is 1.03 bits per heavy atom. The highest BCUT2D eigenvalue weighted by Crippen LogP contribution is 2.19. The van der Waals surface area contributed by atoms with E-state index >= 15 is 0 Å². The number of rotatable bonds is 5. The van der Waals surface area contributed by atoms with Crippen LogP contribution in [0.4, 0.5) is 5.82 Å². The molecule has 2 aromatic heterocycles. The van der Waals surface area contributed by atoms with E-state index in [1.54, 1.807) is 19.1 Å². The lowest BCUT2D eigenvalue weighted by atomic mass is 10.1. The monoisotopic (exact) mass is 408 g/mol. The van der Waals surface area contributed by atoms with Gasteiger partial charge in [0.15, 0.2) is 6.61 Å². The molecule has 9 heteroatoms. The number of hydrogen-bond donors (Lipinski definition) is 1. The van der Waals surface area contributed by atoms with Gasteiger partial charge in [-0.2, -0.15) is 0 Å². The van der Waals surface area contributed by atoms with Crippen molar-refractivity contribution in [3.8, 4) is 11.3 Å². The highest BCUT2D eigenvalue weighted by Gasteiger charge is 2.22. The summed E-state index contributed by atoms with van der Waals surface area (Å²) in [5, 5.41) is 0. The zero-order valence-electron chi connectivity index (χ0n) is 16.7. The Morgan fingerprint density at radius 2 is 1.70 bits per heavy atom. The van der Waals surface area contributed by atoms with Crippen LogP contribution in [0.2, 0.25) is 0 Å². The first-order valence-corrected chi connectivity index (χ1v) is 9.01. The lowest BCUT2D eigenvalue weighted by Gasteiger charge is -2.11. The maximum Gasteiger partial charge on any atom is 0.340 e. The predicted octanol–water partition coefficient (Wildman–Crippen LogP) is 1.08. The molecule has 154 valence electrons. The number of ketones is 1. The van der Waals surface area contributed by atoms with Crippen molar-refractivity contribution in [3.05, 3.63) is 80.1 Å². The Labute approximate surface area is 171 Å². The number of carbonyl (C=O) groups excluding carboxylic acids is 2. The van der Waals surface area contributed by atoms with E-state index in [1.807, 2.05) is 30.3 Å². The highest BCUT2D eigenvalue weighted by atomic mass is 16.5. The SMILES string of the molecule is Cc1nc(-c2ccccc2)ccc1C(=O)OCC(=O)c1c(N)n(C)c(=O)n(C)c1=O. The third kappa shape index (κ3) is 3.77. The van der Waals surface area contributed by atoms with Gasteiger partial charge in [0.1, 0.15) is 11.4 Å². The number of carbonyl (C=O) groups is 2. The Hall–Kier alpha value is -4.01. The van der Waals surface area contributed by atoms with E-state index in [0.29, 0.717) is 11.4 Å². The summed E-state index contributed by atoms with van der Waals surface area (Å²) in [6.45, 7) is 0.960. The standard InChI is InChI=1S/C21H20N4O5/c1-12-14(9-10-15(23-12)13-7-5-4-6-8-13)20(28)30-11-16(26)17-18(22)24(2)21(29)25(3)19(17)27/h4-10H,11,22H2,1-3H3. The fraction of sp³-hybridized carbons (Fsp3) is 0.190. The minimum Gasteiger partial charge on any atom is -0.454 e. The van der Waals surface area contributed by atoms with E-state index in [0.717, 1.165) is 14.7 Å². The Kier molecular flexibility index (Phi) is 5.63. The molecule has 2 N–H and O–H groups in total. The minimum atomic E-state index is -0.846. The van der Waals surface area contributed by atoms with Crippen LogP contribution in [0.1, 0.15) is 26.4 Å². The van der Waals surface area contributed by atoms with Crippen LogP contribution in [0.5, 0.6) is 0 Å². The molecule has 0 spiro atoms. The molecule has 0 atom stereocenters. The first-order valence-electron chi connectivity index (χ1n) is 9.01. The molecule has 3 rings (SSSR count). The molecule has 0 bridgehead atoms. The van der Waals surface area contributed by atoms with Crippen LogP contribution in [0.25, 0.3) is 11.3 Å². The average molecular weight is 408 g/mol. The zero-order valence-corrected chi connectivity index (χ0v) is 16.7. The summed E-state index contributed by atoms with van der Waals surface area (Å²) in [6, 6.07) is 12.7. The molecule has 3 aromatic rings. The van der Waals surface area contributed by atoms with Crippen molar-refractivity contribution < 1.29 is 14.3 Å². The van der Waals surface area contributed by atoms with Crippen LogP contribution in [-0.4, -0.2) is 32.5 Å². The second-order valence-corrected chi connectivity index (χ2v) is 6.66. The number of Topliss-reactive ketones (excluding diaryl/α,β-unsaturated/α-hetero) is 1. The lowest BCUT2D eigenvalue weighted by molar-refractivity contribution is 0.0473. The van der Waals surface area contributed by atoms with E-state index in [4.69, 9.17) is 10.5 Å². The molecule has 0 saturated carbocycles. The fourth-order valence-corrected chi connectivity index (χ4v) is 2.95. The number of benzene rings is 1. The normalized spacial score (nSPS) is 10.6. The van der Waals surface area contributed by atoms with Crippen molar-refractivity contribution in [1.82, 2.24) is 14.1 Å². The van der Waals surface area contributed by atoms with Gasteiger partial charge in [-0.25, -0.2) is 9.59 Å². The van der Waals surface area contributed by atoms with Crippen LogP contribution < -0.4 is 17.0 Å². The van der Waals surface area contributed by atoms with Crippen molar-refractivity contribution in [1.29, 1.82) is 0 Å². The summed E-state index contributed by atoms with van der Waals surface area (Å²) in [5.41, 5.74) is 6.07. The van der Waals surface area contributed by atoms with Crippen LogP contribution in [-0.2, 0) is 18.8 Å². The molecule has 1 aromatic carbocycles. The van der Waals surface area contributed by atoms with Crippen molar-refractivity contribution in [2.24, 2.45) is 14.1 Å². The van der Waals surface area contributed by atoms with Crippen LogP contribution in [0.3, 0.4) is 0 Å². The Balaban J connectivity index is 1.79. The van der Waals surface area contributed by atoms with Gasteiger partial charge in [0.25, 0.3) is 5.56 Å². The smallest absolute Gasteiger partial charge is 0.340 e. The van der Waals surface area contributed by atoms with E-state index in [1.165, 1.54) is 14.1 Å². The van der Waals surface area contributed by atoms with Gasteiger partial charge in [-0.15, -0.1) is 0 Å². The molecule has 0 amide bonds. The van der Waals surface area contributed by atoms with E-state index in [9.17, 15) is 19.2 Å². The Morgan fingerprint density at radius 3 is 2.33 bits per heavy atom. The van der Waals surface area contributed by atoms with Crippen molar-refractivity contribution in [2.45, 2.75) is 6.92 Å². The first kappa shape index (κ1) is 20.7. The van der Waals surface area contributed by atoms with E-state index in [2.05, 4.69) is 4.98 Å². The fourth-order valence-electron chi connectivity index (χ4n) is 2.95. The Bertz CT molecular complexity index is 1260. The number of pyridine rings is 1. The van der Waals surface area contributed by atoms with Gasteiger partial charge >= 0.3 is 11.7 Å². The van der Waals surface area contributed by atoms with Gasteiger partial charge in [0, 0.05) is 19.7 Å². The first-order chi connectivity index (χ1) is 14.2. The number of hydrogen-bond acceptors (Lipinski definition) is 7. The number of nitrogens with two attached hydrogens (primary N) is 1. The van der Waals surface area contributed by atoms with Gasteiger partial charge in [-0.3, -0.25) is 23.7 Å². The largest absolute Gasteiger partial charge is 0.454 e. The number of nitrogens with zero attached hydrogens (tertiary/aromatic N) is 3. The van der Waals surface area contributed by atoms with Crippen molar-refractivity contribution in [2.75, 3.05) is 12.3 Å². The molecular weight excluding hydrogens is 388 g/mol. The molecule has 0 aliphatic heterocycles. The molecule has 0 aliphatic carbocycles. The molecule has 2 heterocycles. The van der Waals surface area contributed by atoms with E-state index in [-0.39, 0.29) is 11.4 Å². The van der Waals surface area contributed by atoms with Crippen LogP contribution in [0, 0.1) is 6.92 Å². The van der Waals surface area contributed by atoms with Gasteiger partial charge < -0.3 is 10.5 Å². The van der Waals surface area contributed by atoms with Crippen molar-refractivity contribution >= 4 is 17.6 Å². The second-order valence-electron chi connectivity index (χ2n) is 6.66. The number of aryl methyl sites for hydroxylation is 1. The van der Waals surface area contributed by atoms with Crippen LogP contribution in [0.15, 0.2) is 52.1 Å². The molecule has 30 heavy (non-hydrogen) atoms. The van der Waals surface area contributed by atoms with E-state index < -0.39 is 35.2 Å². The molecule has 0 saturated heterocycles. The topological polar surface area (TPSA) is 126 Å². The third-order valence-electron chi connectivity index (χ3n) is 4.70. The minimum absolute atomic E-state index is 0.198. The summed E-state index contributed by atoms with van der Waals surface area (Å²) in [5.74, 6) is -1.84. The second kappa shape index (κ2) is 8.16. The maximum atomic E-state index is 12.5. The predicted molar refractivity (Wildman–Crippen MR) is 110 cm³/mol. The summed E-state index contributed by atoms with van der Waals surface area (Å²) >= 11 is 0. The molecule has 9 nitrogen and oxygen atoms in total. The molecular formula is C21H20N4O5. The van der Waals surface area contributed by atoms with Crippen molar-refractivity contribution in [3.63, 3.8) is 0 Å². The van der Waals surface area contributed by atoms with Gasteiger partial charge in [-0.05, 0) is 19.1 Å². The van der Waals surface area contributed by atoms with Gasteiger partial charge in [-0.1, -0.05) is 30.3 Å². The summed E-state index contributed by atoms with van der Waals surface area (Å²) in [7, 11) is 2.57. The summed E-state index contributed by atoms with van der Waals surface area (Å²) < 4.78 is 6.82. The molecule has 0 radical (unpaired) electrons. The number of nitrogen functional groups attached to an aromatic ring is 1.